The van der Waals surface area contributed by atoms with Gasteiger partial charge in [-0.25, -0.2) is 4.79 Å². The first-order valence-electron chi connectivity index (χ1n) is 5.63. The van der Waals surface area contributed by atoms with Gasteiger partial charge in [0.05, 0.1) is 17.8 Å². The summed E-state index contributed by atoms with van der Waals surface area (Å²) in [5.41, 5.74) is 6.28. The number of nitrogens with two attached hydrogens (primary N) is 1. The maximum atomic E-state index is 11.6. The number of nitrogen functional groups attached to an aromatic ring is 1. The number of hydrogen-bond acceptors (Lipinski definition) is 5. The van der Waals surface area contributed by atoms with E-state index in [1.54, 1.807) is 6.92 Å². The van der Waals surface area contributed by atoms with Gasteiger partial charge in [-0.1, -0.05) is 0 Å². The number of carbonyl (C=O) groups excluding carboxylic acids is 2. The van der Waals surface area contributed by atoms with E-state index in [2.05, 4.69) is 5.32 Å². The molecule has 2 rings (SSSR count). The molecule has 1 aliphatic rings. The molecule has 0 aliphatic carbocycles. The molecule has 7 heteroatoms. The zero-order valence-electron chi connectivity index (χ0n) is 10.2. The highest BCUT2D eigenvalue weighted by molar-refractivity contribution is 6.06. The number of nitrogens with zero attached hydrogens (tertiary/aromatic N) is 1. The minimum atomic E-state index is -1.14. The van der Waals surface area contributed by atoms with E-state index in [1.165, 1.54) is 23.1 Å². The van der Waals surface area contributed by atoms with Crippen LogP contribution in [0.25, 0.3) is 0 Å². The van der Waals surface area contributed by atoms with Gasteiger partial charge in [0, 0.05) is 5.69 Å². The summed E-state index contributed by atoms with van der Waals surface area (Å²) in [6.07, 6.45) is 0. The molecule has 1 fully saturated rings. The van der Waals surface area contributed by atoms with Gasteiger partial charge in [0.2, 0.25) is 11.8 Å². The van der Waals surface area contributed by atoms with E-state index in [4.69, 9.17) is 10.8 Å². The van der Waals surface area contributed by atoms with E-state index in [-0.39, 0.29) is 17.8 Å². The molecule has 0 spiro atoms. The summed E-state index contributed by atoms with van der Waals surface area (Å²) >= 11 is 0. The van der Waals surface area contributed by atoms with Crippen LogP contribution in [0, 0.1) is 0 Å². The quantitative estimate of drug-likeness (QED) is 0.504. The molecule has 1 heterocycles. The van der Waals surface area contributed by atoms with Crippen LogP contribution in [0.2, 0.25) is 0 Å². The third-order valence-electron chi connectivity index (χ3n) is 2.99. The summed E-state index contributed by atoms with van der Waals surface area (Å²) in [4.78, 5) is 35.6. The summed E-state index contributed by atoms with van der Waals surface area (Å²) in [5.74, 6) is -2.07. The number of nitrogens with one attached hydrogen (secondary N) is 1. The van der Waals surface area contributed by atoms with Gasteiger partial charge in [0.25, 0.3) is 0 Å². The van der Waals surface area contributed by atoms with E-state index < -0.39 is 23.8 Å². The van der Waals surface area contributed by atoms with Crippen molar-refractivity contribution in [1.82, 2.24) is 5.32 Å². The number of aromatic carboxylic acids is 1. The molecule has 1 saturated heterocycles. The van der Waals surface area contributed by atoms with Crippen molar-refractivity contribution in [3.05, 3.63) is 23.8 Å². The summed E-state index contributed by atoms with van der Waals surface area (Å²) < 4.78 is 0. The Labute approximate surface area is 109 Å². The number of piperazine rings is 1. The average molecular weight is 263 g/mol. The van der Waals surface area contributed by atoms with Crippen molar-refractivity contribution >= 4 is 29.2 Å². The Kier molecular flexibility index (Phi) is 3.12. The third-order valence-corrected chi connectivity index (χ3v) is 2.99. The molecule has 100 valence electrons. The van der Waals surface area contributed by atoms with Gasteiger partial charge in [0.1, 0.15) is 6.04 Å². The molecule has 1 unspecified atom stereocenters. The number of imide groups is 1. The monoisotopic (exact) mass is 263 g/mol. The predicted molar refractivity (Wildman–Crippen MR) is 67.8 cm³/mol. The van der Waals surface area contributed by atoms with Crippen molar-refractivity contribution in [2.24, 2.45) is 0 Å². The van der Waals surface area contributed by atoms with Crippen molar-refractivity contribution < 1.29 is 19.5 Å². The molecule has 0 bridgehead atoms. The second-order valence-corrected chi connectivity index (χ2v) is 4.30. The second kappa shape index (κ2) is 4.60. The van der Waals surface area contributed by atoms with Gasteiger partial charge in [0.15, 0.2) is 0 Å². The number of amides is 2. The van der Waals surface area contributed by atoms with Crippen LogP contribution in [-0.2, 0) is 9.59 Å². The van der Waals surface area contributed by atoms with E-state index in [9.17, 15) is 14.4 Å². The van der Waals surface area contributed by atoms with Crippen molar-refractivity contribution in [2.45, 2.75) is 13.0 Å². The maximum absolute atomic E-state index is 11.6. The Morgan fingerprint density at radius 1 is 1.47 bits per heavy atom. The Bertz CT molecular complexity index is 570. The zero-order chi connectivity index (χ0) is 14.2. The fourth-order valence-electron chi connectivity index (χ4n) is 1.98. The number of benzene rings is 1. The van der Waals surface area contributed by atoms with Crippen LogP contribution in [0.5, 0.6) is 0 Å². The Balaban J connectivity index is 2.50. The van der Waals surface area contributed by atoms with Gasteiger partial charge in [-0.3, -0.25) is 14.9 Å². The number of rotatable bonds is 2. The van der Waals surface area contributed by atoms with Crippen LogP contribution in [0.1, 0.15) is 17.3 Å². The Hall–Kier alpha value is -2.57. The van der Waals surface area contributed by atoms with Crippen molar-refractivity contribution in [1.29, 1.82) is 0 Å². The van der Waals surface area contributed by atoms with E-state index >= 15 is 0 Å². The molecule has 1 aromatic rings. The summed E-state index contributed by atoms with van der Waals surface area (Å²) in [7, 11) is 0. The first-order chi connectivity index (χ1) is 8.90. The standard InChI is InChI=1S/C12H13N3O4/c1-6-11(17)14-10(16)5-15(6)9-4-7(13)2-3-8(9)12(18)19/h2-4,6H,5,13H2,1H3,(H,18,19)(H,14,16,17). The molecule has 4 N–H and O–H groups in total. The van der Waals surface area contributed by atoms with E-state index in [0.29, 0.717) is 5.69 Å². The summed E-state index contributed by atoms with van der Waals surface area (Å²) in [6.45, 7) is 1.51. The van der Waals surface area contributed by atoms with Gasteiger partial charge in [-0.15, -0.1) is 0 Å². The van der Waals surface area contributed by atoms with Crippen molar-refractivity contribution in [2.75, 3.05) is 17.2 Å². The average Bonchev–Trinajstić information content (AvgIpc) is 2.33. The van der Waals surface area contributed by atoms with Crippen LogP contribution in [-0.4, -0.2) is 35.5 Å². The SMILES string of the molecule is CC1C(=O)NC(=O)CN1c1cc(N)ccc1C(=O)O. The molecule has 19 heavy (non-hydrogen) atoms. The highest BCUT2D eigenvalue weighted by atomic mass is 16.4. The number of anilines is 2. The van der Waals surface area contributed by atoms with Gasteiger partial charge in [-0.2, -0.15) is 0 Å². The lowest BCUT2D eigenvalue weighted by Gasteiger charge is -2.34. The second-order valence-electron chi connectivity index (χ2n) is 4.30. The van der Waals surface area contributed by atoms with Crippen LogP contribution in [0.15, 0.2) is 18.2 Å². The summed E-state index contributed by atoms with van der Waals surface area (Å²) in [6, 6.07) is 3.63. The highest BCUT2D eigenvalue weighted by Crippen LogP contribution is 2.26. The molecule has 1 aliphatic heterocycles. The van der Waals surface area contributed by atoms with Gasteiger partial charge < -0.3 is 15.7 Å². The molecular formula is C12H13N3O4. The number of carbonyl (C=O) groups is 3. The lowest BCUT2D eigenvalue weighted by atomic mass is 10.1. The van der Waals surface area contributed by atoms with Crippen LogP contribution >= 0.6 is 0 Å². The number of carboxylic acid groups (broad SMARTS) is 1. The number of hydrogen-bond donors (Lipinski definition) is 3. The maximum Gasteiger partial charge on any atom is 0.337 e. The van der Waals surface area contributed by atoms with E-state index in [0.717, 1.165) is 0 Å². The third kappa shape index (κ3) is 2.35. The first kappa shape index (κ1) is 12.9. The van der Waals surface area contributed by atoms with Gasteiger partial charge >= 0.3 is 5.97 Å². The molecule has 0 saturated carbocycles. The highest BCUT2D eigenvalue weighted by Gasteiger charge is 2.32. The van der Waals surface area contributed by atoms with Crippen molar-refractivity contribution in [3.63, 3.8) is 0 Å². The molecule has 2 amide bonds. The lowest BCUT2D eigenvalue weighted by Crippen LogP contribution is -2.57. The zero-order valence-corrected chi connectivity index (χ0v) is 10.2. The Morgan fingerprint density at radius 3 is 2.79 bits per heavy atom. The topological polar surface area (TPSA) is 113 Å². The van der Waals surface area contributed by atoms with Crippen LogP contribution in [0.3, 0.4) is 0 Å². The smallest absolute Gasteiger partial charge is 0.337 e. The fraction of sp³-hybridized carbons (Fsp3) is 0.250. The minimum absolute atomic E-state index is 0.00329. The molecule has 1 aromatic carbocycles. The first-order valence-corrected chi connectivity index (χ1v) is 5.63. The fourth-order valence-corrected chi connectivity index (χ4v) is 1.98. The number of carboxylic acids is 1. The largest absolute Gasteiger partial charge is 0.478 e. The Morgan fingerprint density at radius 2 is 2.16 bits per heavy atom. The molecule has 1 atom stereocenters. The van der Waals surface area contributed by atoms with E-state index in [1.807, 2.05) is 0 Å². The normalized spacial score (nSPS) is 19.2. The predicted octanol–water partition coefficient (Wildman–Crippen LogP) is -0.182. The molecule has 7 nitrogen and oxygen atoms in total. The molecular weight excluding hydrogens is 250 g/mol. The van der Waals surface area contributed by atoms with Crippen molar-refractivity contribution in [3.8, 4) is 0 Å². The minimum Gasteiger partial charge on any atom is -0.478 e. The molecule has 0 radical (unpaired) electrons. The van der Waals surface area contributed by atoms with Crippen LogP contribution < -0.4 is 16.0 Å². The summed E-state index contributed by atoms with van der Waals surface area (Å²) in [5, 5.41) is 11.3. The molecule has 0 aromatic heterocycles. The van der Waals surface area contributed by atoms with Crippen LogP contribution in [0.4, 0.5) is 11.4 Å². The lowest BCUT2D eigenvalue weighted by molar-refractivity contribution is -0.132. The van der Waals surface area contributed by atoms with Gasteiger partial charge in [-0.05, 0) is 25.1 Å².